The van der Waals surface area contributed by atoms with E-state index in [4.69, 9.17) is 0 Å². The number of anilines is 1. The first-order chi connectivity index (χ1) is 8.70. The Bertz CT molecular complexity index is 426. The zero-order chi connectivity index (χ0) is 13.0. The molecule has 0 aliphatic carbocycles. The Hall–Kier alpha value is -1.30. The number of amides is 1. The molecule has 1 aromatic rings. The van der Waals surface area contributed by atoms with Crippen molar-refractivity contribution in [3.05, 3.63) is 12.3 Å². The Labute approximate surface area is 112 Å². The van der Waals surface area contributed by atoms with Gasteiger partial charge in [-0.3, -0.25) is 4.79 Å². The van der Waals surface area contributed by atoms with Gasteiger partial charge in [0.15, 0.2) is 5.16 Å². The smallest absolute Gasteiger partial charge is 0.219 e. The number of hydrogen-bond donors (Lipinski definition) is 0. The van der Waals surface area contributed by atoms with Gasteiger partial charge in [0.1, 0.15) is 5.82 Å². The molecule has 0 atom stereocenters. The minimum absolute atomic E-state index is 0.157. The molecule has 0 aromatic carbocycles. The van der Waals surface area contributed by atoms with Crippen LogP contribution in [0.15, 0.2) is 17.4 Å². The van der Waals surface area contributed by atoms with Crippen molar-refractivity contribution >= 4 is 23.5 Å². The van der Waals surface area contributed by atoms with Crippen molar-refractivity contribution in [3.63, 3.8) is 0 Å². The molecule has 0 N–H and O–H groups in total. The second-order valence-corrected chi connectivity index (χ2v) is 5.02. The van der Waals surface area contributed by atoms with Gasteiger partial charge in [-0.05, 0) is 18.7 Å². The molecule has 0 bridgehead atoms. The first-order valence-electron chi connectivity index (χ1n) is 6.08. The van der Waals surface area contributed by atoms with Gasteiger partial charge < -0.3 is 9.80 Å². The van der Waals surface area contributed by atoms with Crippen LogP contribution in [-0.2, 0) is 4.79 Å². The molecule has 0 radical (unpaired) electrons. The molecular formula is C12H18N4OS. The molecular weight excluding hydrogens is 248 g/mol. The van der Waals surface area contributed by atoms with E-state index in [0.717, 1.165) is 43.6 Å². The van der Waals surface area contributed by atoms with Crippen LogP contribution in [0.25, 0.3) is 0 Å². The van der Waals surface area contributed by atoms with Gasteiger partial charge in [-0.1, -0.05) is 11.8 Å². The summed E-state index contributed by atoms with van der Waals surface area (Å²) in [6.45, 7) is 5.02. The van der Waals surface area contributed by atoms with Gasteiger partial charge in [0.05, 0.1) is 0 Å². The van der Waals surface area contributed by atoms with Gasteiger partial charge in [-0.2, -0.15) is 0 Å². The summed E-state index contributed by atoms with van der Waals surface area (Å²) in [4.78, 5) is 24.2. The van der Waals surface area contributed by atoms with Crippen molar-refractivity contribution in [1.82, 2.24) is 14.9 Å². The molecule has 0 spiro atoms. The van der Waals surface area contributed by atoms with E-state index in [0.29, 0.717) is 0 Å². The van der Waals surface area contributed by atoms with Crippen LogP contribution < -0.4 is 4.90 Å². The number of thioether (sulfide) groups is 1. The first-order valence-corrected chi connectivity index (χ1v) is 7.30. The fourth-order valence-corrected chi connectivity index (χ4v) is 2.42. The average molecular weight is 266 g/mol. The number of hydrogen-bond acceptors (Lipinski definition) is 5. The monoisotopic (exact) mass is 266 g/mol. The molecule has 2 rings (SSSR count). The lowest BCUT2D eigenvalue weighted by Gasteiger charge is -2.22. The van der Waals surface area contributed by atoms with Crippen LogP contribution in [0, 0.1) is 0 Å². The average Bonchev–Trinajstić information content (AvgIpc) is 2.64. The van der Waals surface area contributed by atoms with Gasteiger partial charge in [-0.25, -0.2) is 9.97 Å². The summed E-state index contributed by atoms with van der Waals surface area (Å²) in [6.07, 6.45) is 4.75. The molecule has 0 saturated carbocycles. The van der Waals surface area contributed by atoms with Crippen molar-refractivity contribution in [3.8, 4) is 0 Å². The van der Waals surface area contributed by atoms with Crippen molar-refractivity contribution in [2.45, 2.75) is 18.5 Å². The largest absolute Gasteiger partial charge is 0.355 e. The standard InChI is InChI=1S/C12H18N4OS/c1-10(17)15-6-3-7-16(9-8-15)11-4-5-13-12(14-11)18-2/h4-5H,3,6-9H2,1-2H3. The van der Waals surface area contributed by atoms with E-state index in [1.54, 1.807) is 24.9 Å². The van der Waals surface area contributed by atoms with Gasteiger partial charge in [0.2, 0.25) is 5.91 Å². The van der Waals surface area contributed by atoms with E-state index in [2.05, 4.69) is 14.9 Å². The van der Waals surface area contributed by atoms with Gasteiger partial charge in [0, 0.05) is 39.3 Å². The molecule has 2 heterocycles. The Morgan fingerprint density at radius 3 is 2.89 bits per heavy atom. The third kappa shape index (κ3) is 3.13. The van der Waals surface area contributed by atoms with E-state index >= 15 is 0 Å². The predicted octanol–water partition coefficient (Wildman–Crippen LogP) is 1.26. The zero-order valence-corrected chi connectivity index (χ0v) is 11.6. The van der Waals surface area contributed by atoms with Crippen molar-refractivity contribution in [2.24, 2.45) is 0 Å². The van der Waals surface area contributed by atoms with E-state index in [1.165, 1.54) is 0 Å². The molecule has 1 fully saturated rings. The number of rotatable bonds is 2. The highest BCUT2D eigenvalue weighted by atomic mass is 32.2. The van der Waals surface area contributed by atoms with Crippen LogP contribution in [0.5, 0.6) is 0 Å². The molecule has 5 nitrogen and oxygen atoms in total. The lowest BCUT2D eigenvalue weighted by Crippen LogP contribution is -2.33. The number of carbonyl (C=O) groups excluding carboxylic acids is 1. The summed E-state index contributed by atoms with van der Waals surface area (Å²) in [7, 11) is 0. The third-order valence-electron chi connectivity index (χ3n) is 3.07. The summed E-state index contributed by atoms with van der Waals surface area (Å²) < 4.78 is 0. The molecule has 18 heavy (non-hydrogen) atoms. The lowest BCUT2D eigenvalue weighted by atomic mass is 10.4. The molecule has 1 aliphatic heterocycles. The lowest BCUT2D eigenvalue weighted by molar-refractivity contribution is -0.128. The molecule has 0 unspecified atom stereocenters. The first kappa shape index (κ1) is 13.1. The fraction of sp³-hybridized carbons (Fsp3) is 0.583. The Balaban J connectivity index is 2.07. The van der Waals surface area contributed by atoms with E-state index in [1.807, 2.05) is 17.2 Å². The maximum absolute atomic E-state index is 11.4. The summed E-state index contributed by atoms with van der Waals surface area (Å²) >= 11 is 1.54. The van der Waals surface area contributed by atoms with Gasteiger partial charge in [0.25, 0.3) is 0 Å². The normalized spacial score (nSPS) is 16.6. The number of nitrogens with zero attached hydrogens (tertiary/aromatic N) is 4. The van der Waals surface area contributed by atoms with E-state index < -0.39 is 0 Å². The van der Waals surface area contributed by atoms with Gasteiger partial charge in [-0.15, -0.1) is 0 Å². The molecule has 98 valence electrons. The highest BCUT2D eigenvalue weighted by molar-refractivity contribution is 7.98. The number of aromatic nitrogens is 2. The van der Waals surface area contributed by atoms with Crippen LogP contribution in [0.4, 0.5) is 5.82 Å². The number of carbonyl (C=O) groups is 1. The zero-order valence-electron chi connectivity index (χ0n) is 10.8. The highest BCUT2D eigenvalue weighted by Crippen LogP contribution is 2.16. The topological polar surface area (TPSA) is 49.3 Å². The Kier molecular flexibility index (Phi) is 4.41. The Morgan fingerprint density at radius 1 is 1.33 bits per heavy atom. The van der Waals surface area contributed by atoms with Crippen LogP contribution in [0.2, 0.25) is 0 Å². The minimum atomic E-state index is 0.157. The predicted molar refractivity (Wildman–Crippen MR) is 72.9 cm³/mol. The van der Waals surface area contributed by atoms with Crippen LogP contribution in [0.1, 0.15) is 13.3 Å². The minimum Gasteiger partial charge on any atom is -0.355 e. The summed E-state index contributed by atoms with van der Waals surface area (Å²) in [6, 6.07) is 1.93. The van der Waals surface area contributed by atoms with Gasteiger partial charge >= 0.3 is 0 Å². The second-order valence-electron chi connectivity index (χ2n) is 4.25. The molecule has 1 aromatic heterocycles. The quantitative estimate of drug-likeness (QED) is 0.596. The maximum Gasteiger partial charge on any atom is 0.219 e. The summed E-state index contributed by atoms with van der Waals surface area (Å²) in [5.74, 6) is 1.11. The summed E-state index contributed by atoms with van der Waals surface area (Å²) in [5, 5.41) is 0.792. The van der Waals surface area contributed by atoms with Crippen LogP contribution >= 0.6 is 11.8 Å². The van der Waals surface area contributed by atoms with Crippen molar-refractivity contribution < 1.29 is 4.79 Å². The molecule has 1 amide bonds. The highest BCUT2D eigenvalue weighted by Gasteiger charge is 2.17. The SMILES string of the molecule is CSc1nccc(N2CCCN(C(C)=O)CC2)n1. The Morgan fingerprint density at radius 2 is 2.17 bits per heavy atom. The molecule has 1 saturated heterocycles. The van der Waals surface area contributed by atoms with E-state index in [-0.39, 0.29) is 5.91 Å². The van der Waals surface area contributed by atoms with Crippen molar-refractivity contribution in [2.75, 3.05) is 37.3 Å². The second kappa shape index (κ2) is 6.04. The van der Waals surface area contributed by atoms with Crippen LogP contribution in [0.3, 0.4) is 0 Å². The maximum atomic E-state index is 11.4. The molecule has 6 heteroatoms. The summed E-state index contributed by atoms with van der Waals surface area (Å²) in [5.41, 5.74) is 0. The van der Waals surface area contributed by atoms with E-state index in [9.17, 15) is 4.79 Å². The third-order valence-corrected chi connectivity index (χ3v) is 3.63. The van der Waals surface area contributed by atoms with Crippen molar-refractivity contribution in [1.29, 1.82) is 0 Å². The van der Waals surface area contributed by atoms with Crippen LogP contribution in [-0.4, -0.2) is 53.2 Å². The fourth-order valence-electron chi connectivity index (χ4n) is 2.07. The molecule has 1 aliphatic rings.